The van der Waals surface area contributed by atoms with Gasteiger partial charge in [0.15, 0.2) is 11.3 Å². The number of hydrogen-bond donors (Lipinski definition) is 1. The maximum Gasteiger partial charge on any atom is 0.354 e. The normalized spacial score (nSPS) is 14.4. The number of ether oxygens (including phenoxy) is 2. The lowest BCUT2D eigenvalue weighted by atomic mass is 10.0. The van der Waals surface area contributed by atoms with Crippen molar-refractivity contribution in [1.82, 2.24) is 24.5 Å². The van der Waals surface area contributed by atoms with Gasteiger partial charge in [0.05, 0.1) is 29.6 Å². The summed E-state index contributed by atoms with van der Waals surface area (Å²) in [6.45, 7) is 1.06. The summed E-state index contributed by atoms with van der Waals surface area (Å²) < 4.78 is 43.7. The number of halogens is 2. The van der Waals surface area contributed by atoms with Crippen LogP contribution in [0.4, 0.5) is 8.78 Å². The van der Waals surface area contributed by atoms with Crippen molar-refractivity contribution >= 4 is 17.1 Å². The number of carboxylic acid groups (broad SMARTS) is 1. The summed E-state index contributed by atoms with van der Waals surface area (Å²) >= 11 is 0. The van der Waals surface area contributed by atoms with Crippen LogP contribution in [0.25, 0.3) is 22.4 Å². The molecule has 5 heterocycles. The highest BCUT2D eigenvalue weighted by atomic mass is 19.1. The fourth-order valence-corrected chi connectivity index (χ4v) is 4.59. The minimum Gasteiger partial charge on any atom is -0.477 e. The minimum absolute atomic E-state index is 0.0395. The van der Waals surface area contributed by atoms with E-state index in [0.29, 0.717) is 41.4 Å². The van der Waals surface area contributed by atoms with Gasteiger partial charge in [0.1, 0.15) is 35.7 Å². The third-order valence-corrected chi connectivity index (χ3v) is 6.88. The van der Waals surface area contributed by atoms with E-state index in [1.54, 1.807) is 41.0 Å². The van der Waals surface area contributed by atoms with Crippen LogP contribution < -0.4 is 4.74 Å². The van der Waals surface area contributed by atoms with Gasteiger partial charge in [-0.3, -0.25) is 4.98 Å². The van der Waals surface area contributed by atoms with Crippen molar-refractivity contribution in [3.05, 3.63) is 101 Å². The van der Waals surface area contributed by atoms with Gasteiger partial charge in [0.2, 0.25) is 5.88 Å². The number of hydrogen-bond acceptors (Lipinski definition) is 8. The van der Waals surface area contributed by atoms with Gasteiger partial charge in [0, 0.05) is 30.9 Å². The standard InChI is InChI=1S/C30H22F2N6O4/c31-22-12-21(24-2-1-3-28(36-24)42-16-19-5-4-17(13-33)14-34-19)23(32)10-18(22)11-27-35-25-6-7-26(30(39)40)37-29(25)38(27)15-20-8-9-41-20/h1-7,10,12,14,20H,8-9,11,15-16H2,(H,39,40). The lowest BCUT2D eigenvalue weighted by Gasteiger charge is -2.27. The van der Waals surface area contributed by atoms with E-state index in [-0.39, 0.29) is 47.5 Å². The molecule has 0 saturated carbocycles. The molecule has 0 radical (unpaired) electrons. The van der Waals surface area contributed by atoms with Gasteiger partial charge in [-0.15, -0.1) is 0 Å². The van der Waals surface area contributed by atoms with Gasteiger partial charge < -0.3 is 19.1 Å². The Morgan fingerprint density at radius 3 is 2.69 bits per heavy atom. The van der Waals surface area contributed by atoms with Crippen molar-refractivity contribution in [2.75, 3.05) is 6.61 Å². The molecular weight excluding hydrogens is 546 g/mol. The van der Waals surface area contributed by atoms with Crippen LogP contribution >= 0.6 is 0 Å². The second-order valence-electron chi connectivity index (χ2n) is 9.66. The molecule has 1 unspecified atom stereocenters. The molecule has 0 spiro atoms. The van der Waals surface area contributed by atoms with Gasteiger partial charge >= 0.3 is 5.97 Å². The molecule has 1 aliphatic rings. The number of aromatic carboxylic acids is 1. The smallest absolute Gasteiger partial charge is 0.354 e. The monoisotopic (exact) mass is 568 g/mol. The first-order valence-corrected chi connectivity index (χ1v) is 13.0. The Labute approximate surface area is 237 Å². The van der Waals surface area contributed by atoms with Crippen LogP contribution in [0.1, 0.15) is 39.6 Å². The van der Waals surface area contributed by atoms with E-state index in [2.05, 4.69) is 19.9 Å². The number of aromatic nitrogens is 5. The SMILES string of the molecule is N#Cc1ccc(COc2cccc(-c3cc(F)c(Cc4nc5ccc(C(=O)O)nc5n4CC4CCO4)cc3F)n2)nc1. The molecule has 1 aromatic carbocycles. The quantitative estimate of drug-likeness (QED) is 0.268. The molecule has 210 valence electrons. The van der Waals surface area contributed by atoms with Gasteiger partial charge in [0.25, 0.3) is 0 Å². The largest absolute Gasteiger partial charge is 0.477 e. The zero-order valence-corrected chi connectivity index (χ0v) is 22.0. The molecule has 1 atom stereocenters. The van der Waals surface area contributed by atoms with E-state index >= 15 is 8.78 Å². The summed E-state index contributed by atoms with van der Waals surface area (Å²) in [5.41, 5.74) is 1.86. The fourth-order valence-electron chi connectivity index (χ4n) is 4.59. The number of carboxylic acids is 1. The average Bonchev–Trinajstić information content (AvgIpc) is 3.31. The number of nitrogens with zero attached hydrogens (tertiary/aromatic N) is 6. The van der Waals surface area contributed by atoms with E-state index < -0.39 is 17.6 Å². The first-order chi connectivity index (χ1) is 20.4. The van der Waals surface area contributed by atoms with E-state index in [4.69, 9.17) is 14.7 Å². The minimum atomic E-state index is -1.18. The number of fused-ring (bicyclic) bond motifs is 1. The summed E-state index contributed by atoms with van der Waals surface area (Å²) in [5.74, 6) is -1.90. The predicted molar refractivity (Wildman–Crippen MR) is 145 cm³/mol. The second kappa shape index (κ2) is 11.3. The molecular formula is C30H22F2N6O4. The first kappa shape index (κ1) is 26.9. The van der Waals surface area contributed by atoms with Crippen molar-refractivity contribution in [3.63, 3.8) is 0 Å². The highest BCUT2D eigenvalue weighted by molar-refractivity contribution is 5.88. The highest BCUT2D eigenvalue weighted by Crippen LogP contribution is 2.28. The van der Waals surface area contributed by atoms with Gasteiger partial charge in [-0.1, -0.05) is 6.07 Å². The van der Waals surface area contributed by atoms with Crippen molar-refractivity contribution < 1.29 is 28.2 Å². The Bertz CT molecular complexity index is 1850. The first-order valence-electron chi connectivity index (χ1n) is 13.0. The van der Waals surface area contributed by atoms with Gasteiger partial charge in [-0.2, -0.15) is 5.26 Å². The summed E-state index contributed by atoms with van der Waals surface area (Å²) in [4.78, 5) is 28.7. The fraction of sp³-hybridized carbons (Fsp3) is 0.200. The number of benzene rings is 1. The molecule has 4 aromatic heterocycles. The third-order valence-electron chi connectivity index (χ3n) is 6.88. The van der Waals surface area contributed by atoms with Gasteiger partial charge in [-0.25, -0.2) is 28.5 Å². The molecule has 0 bridgehead atoms. The lowest BCUT2D eigenvalue weighted by Crippen LogP contribution is -2.32. The Balaban J connectivity index is 1.26. The highest BCUT2D eigenvalue weighted by Gasteiger charge is 2.24. The molecule has 12 heteroatoms. The van der Waals surface area contributed by atoms with Crippen LogP contribution in [-0.4, -0.2) is 48.3 Å². The van der Waals surface area contributed by atoms with Crippen LogP contribution in [0.15, 0.2) is 60.8 Å². The molecule has 1 saturated heterocycles. The second-order valence-corrected chi connectivity index (χ2v) is 9.66. The molecule has 0 aliphatic carbocycles. The van der Waals surface area contributed by atoms with E-state index in [1.807, 2.05) is 6.07 Å². The van der Waals surface area contributed by atoms with Crippen LogP contribution in [0.3, 0.4) is 0 Å². The summed E-state index contributed by atoms with van der Waals surface area (Å²) in [7, 11) is 0. The van der Waals surface area contributed by atoms with Crippen LogP contribution in [0, 0.1) is 23.0 Å². The predicted octanol–water partition coefficient (Wildman–Crippen LogP) is 4.70. The van der Waals surface area contributed by atoms with Crippen LogP contribution in [0.2, 0.25) is 0 Å². The van der Waals surface area contributed by atoms with E-state index in [9.17, 15) is 9.90 Å². The summed E-state index contributed by atoms with van der Waals surface area (Å²) in [6, 6.07) is 15.1. The molecule has 10 nitrogen and oxygen atoms in total. The molecule has 1 aliphatic heterocycles. The lowest BCUT2D eigenvalue weighted by molar-refractivity contribution is -0.0590. The van der Waals surface area contributed by atoms with Crippen molar-refractivity contribution in [1.29, 1.82) is 5.26 Å². The zero-order chi connectivity index (χ0) is 29.2. The van der Waals surface area contributed by atoms with Crippen molar-refractivity contribution in [3.8, 4) is 23.2 Å². The average molecular weight is 569 g/mol. The number of rotatable bonds is 9. The molecule has 1 fully saturated rings. The third kappa shape index (κ3) is 5.50. The molecule has 0 amide bonds. The Morgan fingerprint density at radius 1 is 1.12 bits per heavy atom. The topological polar surface area (TPSA) is 136 Å². The number of carbonyl (C=O) groups is 1. The molecule has 6 rings (SSSR count). The maximum atomic E-state index is 15.4. The van der Waals surface area contributed by atoms with Crippen LogP contribution in [0.5, 0.6) is 5.88 Å². The van der Waals surface area contributed by atoms with Gasteiger partial charge in [-0.05, 0) is 54.4 Å². The Hall–Kier alpha value is -5.28. The zero-order valence-electron chi connectivity index (χ0n) is 22.0. The maximum absolute atomic E-state index is 15.4. The Morgan fingerprint density at radius 2 is 1.98 bits per heavy atom. The number of nitriles is 1. The molecule has 42 heavy (non-hydrogen) atoms. The Kier molecular flexibility index (Phi) is 7.24. The number of pyridine rings is 3. The molecule has 1 N–H and O–H groups in total. The molecule has 5 aromatic rings. The van der Waals surface area contributed by atoms with Crippen molar-refractivity contribution in [2.45, 2.75) is 32.1 Å². The van der Waals surface area contributed by atoms with E-state index in [1.165, 1.54) is 12.3 Å². The summed E-state index contributed by atoms with van der Waals surface area (Å²) in [6.07, 6.45) is 2.09. The number of imidazole rings is 1. The summed E-state index contributed by atoms with van der Waals surface area (Å²) in [5, 5.41) is 18.3. The van der Waals surface area contributed by atoms with Crippen LogP contribution in [-0.2, 0) is 24.3 Å². The van der Waals surface area contributed by atoms with Crippen molar-refractivity contribution in [2.24, 2.45) is 0 Å². The van der Waals surface area contributed by atoms with E-state index in [0.717, 1.165) is 18.6 Å².